The van der Waals surface area contributed by atoms with E-state index in [1.165, 1.54) is 37.2 Å². The van der Waals surface area contributed by atoms with Crippen molar-refractivity contribution in [3.05, 3.63) is 29.6 Å². The number of nitrogens with one attached hydrogen (secondary N) is 1. The van der Waals surface area contributed by atoms with Crippen molar-refractivity contribution in [3.8, 4) is 0 Å². The number of hydrogen-bond acceptors (Lipinski definition) is 4. The minimum atomic E-state index is -0.318. The topological polar surface area (TPSA) is 65.5 Å². The lowest BCUT2D eigenvalue weighted by molar-refractivity contribution is -0.136. The standard InChI is InChI=1S/C21H30N4O2/c1-16-4-6-18(22-14-16)21(15-24-10-2-3-11-24)8-12-25(13-9-21)20(27)17-5-7-19(26)23-17/h4,6,14,17H,2-3,5,7-13,15H2,1H3,(H,23,26)/t17-/m0/s1. The molecule has 3 aliphatic rings. The van der Waals surface area contributed by atoms with E-state index >= 15 is 0 Å². The fourth-order valence-electron chi connectivity index (χ4n) is 4.82. The Balaban J connectivity index is 1.48. The molecule has 27 heavy (non-hydrogen) atoms. The third kappa shape index (κ3) is 3.86. The highest BCUT2D eigenvalue weighted by Gasteiger charge is 2.41. The van der Waals surface area contributed by atoms with Crippen LogP contribution in [0.5, 0.6) is 0 Å². The zero-order valence-corrected chi connectivity index (χ0v) is 16.2. The summed E-state index contributed by atoms with van der Waals surface area (Å²) in [6.07, 6.45) is 7.50. The average molecular weight is 370 g/mol. The van der Waals surface area contributed by atoms with E-state index in [4.69, 9.17) is 4.98 Å². The molecule has 4 heterocycles. The molecule has 1 atom stereocenters. The Bertz CT molecular complexity index is 689. The molecule has 0 radical (unpaired) electrons. The Morgan fingerprint density at radius 1 is 1.22 bits per heavy atom. The maximum absolute atomic E-state index is 12.8. The van der Waals surface area contributed by atoms with Crippen LogP contribution in [0.15, 0.2) is 18.3 Å². The molecular weight excluding hydrogens is 340 g/mol. The molecule has 0 bridgehead atoms. The number of hydrogen-bond donors (Lipinski definition) is 1. The molecule has 0 unspecified atom stereocenters. The average Bonchev–Trinajstić information content (AvgIpc) is 3.34. The van der Waals surface area contributed by atoms with Gasteiger partial charge in [-0.05, 0) is 63.7 Å². The summed E-state index contributed by atoms with van der Waals surface area (Å²) >= 11 is 0. The van der Waals surface area contributed by atoms with E-state index in [0.717, 1.165) is 32.5 Å². The van der Waals surface area contributed by atoms with Crippen molar-refractivity contribution < 1.29 is 9.59 Å². The lowest BCUT2D eigenvalue weighted by Gasteiger charge is -2.44. The van der Waals surface area contributed by atoms with Crippen LogP contribution in [0.25, 0.3) is 0 Å². The second-order valence-corrected chi connectivity index (χ2v) is 8.47. The van der Waals surface area contributed by atoms with E-state index < -0.39 is 0 Å². The van der Waals surface area contributed by atoms with Crippen LogP contribution in [0.3, 0.4) is 0 Å². The summed E-state index contributed by atoms with van der Waals surface area (Å²) in [5.41, 5.74) is 2.37. The summed E-state index contributed by atoms with van der Waals surface area (Å²) in [6.45, 7) is 6.93. The van der Waals surface area contributed by atoms with Crippen molar-refractivity contribution in [3.63, 3.8) is 0 Å². The lowest BCUT2D eigenvalue weighted by Crippen LogP contribution is -2.53. The maximum atomic E-state index is 12.8. The lowest BCUT2D eigenvalue weighted by atomic mass is 9.74. The van der Waals surface area contributed by atoms with Crippen molar-refractivity contribution in [1.29, 1.82) is 0 Å². The van der Waals surface area contributed by atoms with Crippen LogP contribution in [0.1, 0.15) is 49.8 Å². The monoisotopic (exact) mass is 370 g/mol. The first-order chi connectivity index (χ1) is 13.1. The second kappa shape index (κ2) is 7.58. The van der Waals surface area contributed by atoms with Gasteiger partial charge in [-0.1, -0.05) is 6.07 Å². The number of nitrogens with zero attached hydrogens (tertiary/aromatic N) is 3. The van der Waals surface area contributed by atoms with E-state index in [9.17, 15) is 9.59 Å². The Morgan fingerprint density at radius 2 is 1.96 bits per heavy atom. The number of carbonyl (C=O) groups excluding carboxylic acids is 2. The first-order valence-electron chi connectivity index (χ1n) is 10.3. The Hall–Kier alpha value is -1.95. The van der Waals surface area contributed by atoms with Crippen LogP contribution in [0.4, 0.5) is 0 Å². The zero-order valence-electron chi connectivity index (χ0n) is 16.2. The van der Waals surface area contributed by atoms with Crippen LogP contribution in [0, 0.1) is 6.92 Å². The highest BCUT2D eigenvalue weighted by atomic mass is 16.2. The Kier molecular flexibility index (Phi) is 5.17. The highest BCUT2D eigenvalue weighted by Crippen LogP contribution is 2.36. The summed E-state index contributed by atoms with van der Waals surface area (Å²) in [5, 5.41) is 2.82. The maximum Gasteiger partial charge on any atom is 0.245 e. The Labute approximate surface area is 161 Å². The molecule has 0 aliphatic carbocycles. The molecule has 3 aliphatic heterocycles. The number of carbonyl (C=O) groups is 2. The van der Waals surface area contributed by atoms with Crippen LogP contribution in [0.2, 0.25) is 0 Å². The summed E-state index contributed by atoms with van der Waals surface area (Å²) in [7, 11) is 0. The molecular formula is C21H30N4O2. The molecule has 6 nitrogen and oxygen atoms in total. The van der Waals surface area contributed by atoms with Gasteiger partial charge >= 0.3 is 0 Å². The molecule has 2 amide bonds. The number of likely N-dealkylation sites (tertiary alicyclic amines) is 2. The predicted octanol–water partition coefficient (Wildman–Crippen LogP) is 1.62. The minimum Gasteiger partial charge on any atom is -0.344 e. The van der Waals surface area contributed by atoms with Gasteiger partial charge in [0.05, 0.1) is 0 Å². The van der Waals surface area contributed by atoms with Gasteiger partial charge in [0.1, 0.15) is 6.04 Å². The molecule has 4 rings (SSSR count). The van der Waals surface area contributed by atoms with Gasteiger partial charge in [-0.2, -0.15) is 0 Å². The molecule has 0 saturated carbocycles. The summed E-state index contributed by atoms with van der Waals surface area (Å²) in [6, 6.07) is 4.01. The quantitative estimate of drug-likeness (QED) is 0.875. The number of aryl methyl sites for hydroxylation is 1. The SMILES string of the molecule is Cc1ccc(C2(CN3CCCC3)CCN(C(=O)[C@@H]3CCC(=O)N3)CC2)nc1. The van der Waals surface area contributed by atoms with Gasteiger partial charge in [0.25, 0.3) is 0 Å². The fraction of sp³-hybridized carbons (Fsp3) is 0.667. The van der Waals surface area contributed by atoms with Crippen LogP contribution < -0.4 is 5.32 Å². The van der Waals surface area contributed by atoms with Gasteiger partial charge in [0.2, 0.25) is 11.8 Å². The third-order valence-electron chi connectivity index (χ3n) is 6.51. The molecule has 3 saturated heterocycles. The second-order valence-electron chi connectivity index (χ2n) is 8.47. The first-order valence-corrected chi connectivity index (χ1v) is 10.3. The number of amides is 2. The van der Waals surface area contributed by atoms with Gasteiger partial charge in [0.15, 0.2) is 0 Å². The third-order valence-corrected chi connectivity index (χ3v) is 6.51. The summed E-state index contributed by atoms with van der Waals surface area (Å²) < 4.78 is 0. The Morgan fingerprint density at radius 3 is 2.56 bits per heavy atom. The van der Waals surface area contributed by atoms with E-state index in [1.807, 2.05) is 11.1 Å². The van der Waals surface area contributed by atoms with Crippen LogP contribution in [-0.4, -0.2) is 65.4 Å². The largest absolute Gasteiger partial charge is 0.344 e. The van der Waals surface area contributed by atoms with E-state index in [1.54, 1.807) is 0 Å². The predicted molar refractivity (Wildman–Crippen MR) is 103 cm³/mol. The molecule has 6 heteroatoms. The van der Waals surface area contributed by atoms with Gasteiger partial charge in [0, 0.05) is 43.4 Å². The van der Waals surface area contributed by atoms with E-state index in [0.29, 0.717) is 12.8 Å². The molecule has 146 valence electrons. The number of aromatic nitrogens is 1. The fourth-order valence-corrected chi connectivity index (χ4v) is 4.82. The smallest absolute Gasteiger partial charge is 0.245 e. The van der Waals surface area contributed by atoms with Crippen LogP contribution >= 0.6 is 0 Å². The van der Waals surface area contributed by atoms with Gasteiger partial charge in [-0.3, -0.25) is 14.6 Å². The van der Waals surface area contributed by atoms with Crippen molar-refractivity contribution in [2.75, 3.05) is 32.7 Å². The number of piperidine rings is 1. The molecule has 1 aromatic heterocycles. The van der Waals surface area contributed by atoms with E-state index in [2.05, 4.69) is 29.3 Å². The number of pyridine rings is 1. The first kappa shape index (κ1) is 18.4. The molecule has 0 aromatic carbocycles. The highest BCUT2D eigenvalue weighted by molar-refractivity contribution is 5.90. The normalized spacial score (nSPS) is 25.6. The zero-order chi connectivity index (χ0) is 18.9. The van der Waals surface area contributed by atoms with Crippen molar-refractivity contribution in [2.45, 2.75) is 56.9 Å². The molecule has 3 fully saturated rings. The molecule has 1 aromatic rings. The van der Waals surface area contributed by atoms with Crippen molar-refractivity contribution in [1.82, 2.24) is 20.1 Å². The number of rotatable bonds is 4. The summed E-state index contributed by atoms with van der Waals surface area (Å²) in [5.74, 6) is 0.0880. The van der Waals surface area contributed by atoms with Crippen molar-refractivity contribution >= 4 is 11.8 Å². The van der Waals surface area contributed by atoms with Gasteiger partial charge < -0.3 is 15.1 Å². The van der Waals surface area contributed by atoms with Gasteiger partial charge in [-0.25, -0.2) is 0 Å². The summed E-state index contributed by atoms with van der Waals surface area (Å²) in [4.78, 5) is 33.5. The molecule has 1 N–H and O–H groups in total. The molecule has 0 spiro atoms. The van der Waals surface area contributed by atoms with Crippen LogP contribution in [-0.2, 0) is 15.0 Å². The van der Waals surface area contributed by atoms with E-state index in [-0.39, 0.29) is 23.3 Å². The van der Waals surface area contributed by atoms with Crippen molar-refractivity contribution in [2.24, 2.45) is 0 Å². The minimum absolute atomic E-state index is 0.00223. The van der Waals surface area contributed by atoms with Gasteiger partial charge in [-0.15, -0.1) is 0 Å².